The zero-order valence-corrected chi connectivity index (χ0v) is 6.86. The SMILES string of the molecule is NC(=O)C(=O)Cc1ccc(O)cc1. The molecule has 1 rings (SSSR count). The molecular formula is C9H9NO3. The van der Waals surface area contributed by atoms with E-state index in [0.717, 1.165) is 0 Å². The molecule has 0 saturated heterocycles. The summed E-state index contributed by atoms with van der Waals surface area (Å²) in [6.45, 7) is 0. The summed E-state index contributed by atoms with van der Waals surface area (Å²) in [5.41, 5.74) is 5.43. The lowest BCUT2D eigenvalue weighted by molar-refractivity contribution is -0.135. The minimum atomic E-state index is -0.937. The van der Waals surface area contributed by atoms with Gasteiger partial charge in [0.1, 0.15) is 5.75 Å². The van der Waals surface area contributed by atoms with Gasteiger partial charge in [-0.05, 0) is 17.7 Å². The smallest absolute Gasteiger partial charge is 0.285 e. The number of ketones is 1. The Hall–Kier alpha value is -1.84. The molecule has 1 aromatic rings. The van der Waals surface area contributed by atoms with Gasteiger partial charge in [0.15, 0.2) is 0 Å². The average Bonchev–Trinajstić information content (AvgIpc) is 2.08. The van der Waals surface area contributed by atoms with Crippen molar-refractivity contribution in [2.24, 2.45) is 5.73 Å². The van der Waals surface area contributed by atoms with Crippen LogP contribution in [0.1, 0.15) is 5.56 Å². The summed E-state index contributed by atoms with van der Waals surface area (Å²) in [4.78, 5) is 21.3. The molecule has 0 saturated carbocycles. The van der Waals surface area contributed by atoms with E-state index in [0.29, 0.717) is 5.56 Å². The molecule has 0 heterocycles. The summed E-state index contributed by atoms with van der Waals surface area (Å²) in [7, 11) is 0. The Morgan fingerprint density at radius 3 is 2.23 bits per heavy atom. The zero-order chi connectivity index (χ0) is 9.84. The van der Waals surface area contributed by atoms with Crippen molar-refractivity contribution < 1.29 is 14.7 Å². The Labute approximate surface area is 75.0 Å². The summed E-state index contributed by atoms with van der Waals surface area (Å²) in [5, 5.41) is 8.92. The van der Waals surface area contributed by atoms with Crippen LogP contribution >= 0.6 is 0 Å². The van der Waals surface area contributed by atoms with Gasteiger partial charge in [0.05, 0.1) is 0 Å². The summed E-state index contributed by atoms with van der Waals surface area (Å²) in [5.74, 6) is -1.45. The van der Waals surface area contributed by atoms with E-state index in [-0.39, 0.29) is 12.2 Å². The third-order valence-electron chi connectivity index (χ3n) is 1.58. The van der Waals surface area contributed by atoms with Crippen molar-refractivity contribution in [3.05, 3.63) is 29.8 Å². The number of amides is 1. The minimum Gasteiger partial charge on any atom is -0.508 e. The minimum absolute atomic E-state index is 0.0182. The van der Waals surface area contributed by atoms with Crippen molar-refractivity contribution in [3.63, 3.8) is 0 Å². The van der Waals surface area contributed by atoms with Gasteiger partial charge in [-0.3, -0.25) is 9.59 Å². The van der Waals surface area contributed by atoms with Crippen LogP contribution in [0.4, 0.5) is 0 Å². The maximum Gasteiger partial charge on any atom is 0.285 e. The van der Waals surface area contributed by atoms with Gasteiger partial charge < -0.3 is 10.8 Å². The van der Waals surface area contributed by atoms with E-state index in [4.69, 9.17) is 10.8 Å². The highest BCUT2D eigenvalue weighted by atomic mass is 16.3. The summed E-state index contributed by atoms with van der Waals surface area (Å²) < 4.78 is 0. The van der Waals surface area contributed by atoms with Crippen LogP contribution in [0.3, 0.4) is 0 Å². The third-order valence-corrected chi connectivity index (χ3v) is 1.58. The number of phenolic OH excluding ortho intramolecular Hbond substituents is 1. The predicted molar refractivity (Wildman–Crippen MR) is 46.0 cm³/mol. The second-order valence-electron chi connectivity index (χ2n) is 2.63. The maximum atomic E-state index is 10.9. The molecule has 0 spiro atoms. The highest BCUT2D eigenvalue weighted by Crippen LogP contribution is 2.09. The molecule has 0 radical (unpaired) electrons. The summed E-state index contributed by atoms with van der Waals surface area (Å²) >= 11 is 0. The molecule has 0 aliphatic carbocycles. The second-order valence-corrected chi connectivity index (χ2v) is 2.63. The van der Waals surface area contributed by atoms with Crippen molar-refractivity contribution in [1.29, 1.82) is 0 Å². The Bertz CT molecular complexity index is 329. The van der Waals surface area contributed by atoms with Gasteiger partial charge in [0.2, 0.25) is 5.78 Å². The van der Waals surface area contributed by atoms with Crippen LogP contribution < -0.4 is 5.73 Å². The Morgan fingerprint density at radius 1 is 1.23 bits per heavy atom. The number of Topliss-reactive ketones (excluding diaryl/α,β-unsaturated/α-hetero) is 1. The number of carbonyl (C=O) groups excluding carboxylic acids is 2. The molecule has 0 aliphatic heterocycles. The second kappa shape index (κ2) is 3.71. The first-order valence-electron chi connectivity index (χ1n) is 3.70. The van der Waals surface area contributed by atoms with Crippen LogP contribution in [0.2, 0.25) is 0 Å². The quantitative estimate of drug-likeness (QED) is 0.640. The molecule has 4 heteroatoms. The van der Waals surface area contributed by atoms with E-state index in [1.807, 2.05) is 0 Å². The Balaban J connectivity index is 2.70. The van der Waals surface area contributed by atoms with Crippen LogP contribution in [0.15, 0.2) is 24.3 Å². The first-order chi connectivity index (χ1) is 6.09. The molecule has 0 aliphatic rings. The molecule has 1 aromatic carbocycles. The lowest BCUT2D eigenvalue weighted by Gasteiger charge is -1.97. The fourth-order valence-corrected chi connectivity index (χ4v) is 0.886. The van der Waals surface area contributed by atoms with Gasteiger partial charge in [-0.15, -0.1) is 0 Å². The topological polar surface area (TPSA) is 80.4 Å². The Morgan fingerprint density at radius 2 is 1.77 bits per heavy atom. The number of carbonyl (C=O) groups is 2. The van der Waals surface area contributed by atoms with Crippen molar-refractivity contribution >= 4 is 11.7 Å². The van der Waals surface area contributed by atoms with Gasteiger partial charge in [-0.1, -0.05) is 12.1 Å². The van der Waals surface area contributed by atoms with Crippen molar-refractivity contribution in [2.75, 3.05) is 0 Å². The molecule has 68 valence electrons. The van der Waals surface area contributed by atoms with Crippen LogP contribution in [-0.4, -0.2) is 16.8 Å². The molecule has 3 N–H and O–H groups in total. The van der Waals surface area contributed by atoms with Crippen molar-refractivity contribution in [3.8, 4) is 5.75 Å². The standard InChI is InChI=1S/C9H9NO3/c10-9(13)8(12)5-6-1-3-7(11)4-2-6/h1-4,11H,5H2,(H2,10,13). The van der Waals surface area contributed by atoms with Gasteiger partial charge in [0, 0.05) is 6.42 Å². The number of nitrogens with two attached hydrogens (primary N) is 1. The number of hydrogen-bond acceptors (Lipinski definition) is 3. The van der Waals surface area contributed by atoms with Gasteiger partial charge >= 0.3 is 0 Å². The van der Waals surface area contributed by atoms with Crippen molar-refractivity contribution in [2.45, 2.75) is 6.42 Å². The summed E-state index contributed by atoms with van der Waals surface area (Å²) in [6.07, 6.45) is -0.0182. The summed E-state index contributed by atoms with van der Waals surface area (Å²) in [6, 6.07) is 6.03. The molecule has 0 aromatic heterocycles. The number of phenols is 1. The fourth-order valence-electron chi connectivity index (χ4n) is 0.886. The van der Waals surface area contributed by atoms with Crippen LogP contribution in [-0.2, 0) is 16.0 Å². The molecule has 0 unspecified atom stereocenters. The number of hydrogen-bond donors (Lipinski definition) is 2. The Kier molecular flexibility index (Phi) is 2.64. The molecule has 0 atom stereocenters. The van der Waals surface area contributed by atoms with Crippen LogP contribution in [0.5, 0.6) is 5.75 Å². The number of aromatic hydroxyl groups is 1. The lowest BCUT2D eigenvalue weighted by Crippen LogP contribution is -2.24. The van der Waals surface area contributed by atoms with Crippen LogP contribution in [0, 0.1) is 0 Å². The van der Waals surface area contributed by atoms with E-state index >= 15 is 0 Å². The first kappa shape index (κ1) is 9.25. The maximum absolute atomic E-state index is 10.9. The number of rotatable bonds is 3. The van der Waals surface area contributed by atoms with E-state index in [1.54, 1.807) is 12.1 Å². The lowest BCUT2D eigenvalue weighted by atomic mass is 10.1. The van der Waals surface area contributed by atoms with Gasteiger partial charge in [0.25, 0.3) is 5.91 Å². The van der Waals surface area contributed by atoms with Gasteiger partial charge in [-0.2, -0.15) is 0 Å². The van der Waals surface area contributed by atoms with E-state index in [1.165, 1.54) is 12.1 Å². The molecular weight excluding hydrogens is 170 g/mol. The number of benzene rings is 1. The molecule has 0 fully saturated rings. The van der Waals surface area contributed by atoms with E-state index in [9.17, 15) is 9.59 Å². The monoisotopic (exact) mass is 179 g/mol. The third kappa shape index (κ3) is 2.59. The van der Waals surface area contributed by atoms with E-state index in [2.05, 4.69) is 0 Å². The largest absolute Gasteiger partial charge is 0.508 e. The molecule has 1 amide bonds. The molecule has 13 heavy (non-hydrogen) atoms. The van der Waals surface area contributed by atoms with Crippen LogP contribution in [0.25, 0.3) is 0 Å². The highest BCUT2D eigenvalue weighted by Gasteiger charge is 2.09. The zero-order valence-electron chi connectivity index (χ0n) is 6.86. The predicted octanol–water partition coefficient (Wildman–Crippen LogP) is -0.0109. The van der Waals surface area contributed by atoms with Gasteiger partial charge in [-0.25, -0.2) is 0 Å². The highest BCUT2D eigenvalue weighted by molar-refractivity contribution is 6.35. The molecule has 0 bridgehead atoms. The van der Waals surface area contributed by atoms with Crippen molar-refractivity contribution in [1.82, 2.24) is 0 Å². The molecule has 4 nitrogen and oxygen atoms in total. The first-order valence-corrected chi connectivity index (χ1v) is 3.70. The fraction of sp³-hybridized carbons (Fsp3) is 0.111. The van der Waals surface area contributed by atoms with E-state index < -0.39 is 11.7 Å². The number of primary amides is 1. The average molecular weight is 179 g/mol. The normalized spacial score (nSPS) is 9.54.